The Morgan fingerprint density at radius 2 is 1.59 bits per heavy atom. The van der Waals surface area contributed by atoms with E-state index in [4.69, 9.17) is 9.47 Å². The number of benzene rings is 2. The Bertz CT molecular complexity index is 849. The number of fused-ring (bicyclic) bond motifs is 5. The summed E-state index contributed by atoms with van der Waals surface area (Å²) in [5, 5.41) is 11.2. The van der Waals surface area contributed by atoms with Gasteiger partial charge in [0.15, 0.2) is 6.29 Å². The molecule has 1 unspecified atom stereocenters. The quantitative estimate of drug-likeness (QED) is 0.713. The molecule has 1 heterocycles. The van der Waals surface area contributed by atoms with Gasteiger partial charge in [0.25, 0.3) is 0 Å². The van der Waals surface area contributed by atoms with Crippen molar-refractivity contribution in [1.29, 1.82) is 0 Å². The van der Waals surface area contributed by atoms with Crippen molar-refractivity contribution in [3.8, 4) is 0 Å². The molecular formula is C26H32O3. The van der Waals surface area contributed by atoms with Crippen LogP contribution in [-0.2, 0) is 9.47 Å². The van der Waals surface area contributed by atoms with Crippen LogP contribution in [-0.4, -0.2) is 17.5 Å². The summed E-state index contributed by atoms with van der Waals surface area (Å²) in [5.41, 5.74) is 2.41. The van der Waals surface area contributed by atoms with Crippen LogP contribution in [0.15, 0.2) is 60.7 Å². The van der Waals surface area contributed by atoms with Gasteiger partial charge in [0.05, 0.1) is 6.10 Å². The van der Waals surface area contributed by atoms with Gasteiger partial charge in [-0.3, -0.25) is 0 Å². The average Bonchev–Trinajstić information content (AvgIpc) is 3.31. The highest BCUT2D eigenvalue weighted by atomic mass is 16.7. The van der Waals surface area contributed by atoms with E-state index < -0.39 is 12.2 Å². The van der Waals surface area contributed by atoms with Gasteiger partial charge in [-0.2, -0.15) is 0 Å². The molecule has 0 amide bonds. The summed E-state index contributed by atoms with van der Waals surface area (Å²) in [7, 11) is 0. The van der Waals surface area contributed by atoms with Gasteiger partial charge >= 0.3 is 0 Å². The summed E-state index contributed by atoms with van der Waals surface area (Å²) in [6, 6.07) is 19.8. The van der Waals surface area contributed by atoms with Gasteiger partial charge in [-0.15, -0.1) is 0 Å². The normalized spacial score (nSPS) is 36.7. The van der Waals surface area contributed by atoms with E-state index in [-0.39, 0.29) is 17.8 Å². The van der Waals surface area contributed by atoms with E-state index in [0.29, 0.717) is 17.3 Å². The maximum atomic E-state index is 11.2. The van der Waals surface area contributed by atoms with Crippen LogP contribution in [0.4, 0.5) is 0 Å². The lowest BCUT2D eigenvalue weighted by Gasteiger charge is -2.39. The number of aliphatic hydroxyl groups is 1. The van der Waals surface area contributed by atoms with Gasteiger partial charge in [-0.05, 0) is 46.6 Å². The molecule has 7 atom stereocenters. The van der Waals surface area contributed by atoms with Crippen molar-refractivity contribution in [2.24, 2.45) is 22.7 Å². The topological polar surface area (TPSA) is 38.7 Å². The molecule has 0 aromatic heterocycles. The second-order valence-corrected chi connectivity index (χ2v) is 9.99. The number of rotatable bonds is 5. The van der Waals surface area contributed by atoms with Crippen molar-refractivity contribution in [3.05, 3.63) is 71.8 Å². The minimum atomic E-state index is -0.730. The third-order valence-corrected chi connectivity index (χ3v) is 8.52. The zero-order chi connectivity index (χ0) is 20.2. The van der Waals surface area contributed by atoms with Crippen LogP contribution >= 0.6 is 0 Å². The summed E-state index contributed by atoms with van der Waals surface area (Å²) in [6.45, 7) is 7.26. The second-order valence-electron chi connectivity index (χ2n) is 9.99. The van der Waals surface area contributed by atoms with Crippen LogP contribution < -0.4 is 0 Å². The first-order chi connectivity index (χ1) is 13.9. The molecule has 3 heteroatoms. The first kappa shape index (κ1) is 19.3. The molecule has 1 aliphatic heterocycles. The van der Waals surface area contributed by atoms with Gasteiger partial charge < -0.3 is 14.6 Å². The second kappa shape index (κ2) is 6.94. The van der Waals surface area contributed by atoms with Crippen LogP contribution in [0.1, 0.15) is 63.4 Å². The summed E-state index contributed by atoms with van der Waals surface area (Å²) >= 11 is 0. The molecule has 0 spiro atoms. The van der Waals surface area contributed by atoms with E-state index in [1.54, 1.807) is 0 Å². The van der Waals surface area contributed by atoms with Gasteiger partial charge in [-0.1, -0.05) is 81.4 Å². The first-order valence-electron chi connectivity index (χ1n) is 11.0. The fraction of sp³-hybridized carbons (Fsp3) is 0.538. The number of aliphatic hydroxyl groups excluding tert-OH is 1. The molecule has 1 N–H and O–H groups in total. The Balaban J connectivity index is 1.39. The lowest BCUT2D eigenvalue weighted by atomic mass is 9.70. The first-order valence-corrected chi connectivity index (χ1v) is 11.0. The van der Waals surface area contributed by atoms with Crippen molar-refractivity contribution in [2.75, 3.05) is 0 Å². The molecule has 154 valence electrons. The average molecular weight is 393 g/mol. The van der Waals surface area contributed by atoms with Gasteiger partial charge in [0.2, 0.25) is 0 Å². The molecule has 5 rings (SSSR count). The predicted octanol–water partition coefficient (Wildman–Crippen LogP) is 5.67. The molecule has 2 aromatic rings. The molecule has 2 aliphatic carbocycles. The molecule has 2 bridgehead atoms. The van der Waals surface area contributed by atoms with Crippen molar-refractivity contribution in [3.63, 3.8) is 0 Å². The lowest BCUT2D eigenvalue weighted by molar-refractivity contribution is -0.206. The zero-order valence-corrected chi connectivity index (χ0v) is 17.6. The third kappa shape index (κ3) is 2.90. The van der Waals surface area contributed by atoms with E-state index >= 15 is 0 Å². The standard InChI is InChI=1S/C26H32O3/c1-25(2)20-14-15-26(25,3)24-19(20)16-21(29-24)28-23(18-12-8-5-9-13-18)22(27)17-10-6-4-7-11-17/h4-13,19-24,27H,14-16H2,1-3H3/t19-,20-,21-,22?,23-,24-,26+/m1/s1. The van der Waals surface area contributed by atoms with Crippen LogP contribution in [0.2, 0.25) is 0 Å². The minimum absolute atomic E-state index is 0.223. The van der Waals surface area contributed by atoms with Gasteiger partial charge in [0, 0.05) is 6.42 Å². The van der Waals surface area contributed by atoms with Crippen molar-refractivity contribution in [1.82, 2.24) is 0 Å². The minimum Gasteiger partial charge on any atom is -0.385 e. The molecule has 29 heavy (non-hydrogen) atoms. The summed E-state index contributed by atoms with van der Waals surface area (Å²) in [6.07, 6.45) is 2.31. The van der Waals surface area contributed by atoms with Crippen LogP contribution in [0, 0.1) is 22.7 Å². The van der Waals surface area contributed by atoms with Gasteiger partial charge in [0.1, 0.15) is 12.2 Å². The highest BCUT2D eigenvalue weighted by Gasteiger charge is 2.69. The molecule has 3 fully saturated rings. The van der Waals surface area contributed by atoms with Crippen molar-refractivity contribution < 1.29 is 14.6 Å². The largest absolute Gasteiger partial charge is 0.385 e. The lowest BCUT2D eigenvalue weighted by Crippen LogP contribution is -2.38. The van der Waals surface area contributed by atoms with Crippen LogP contribution in [0.25, 0.3) is 0 Å². The molecule has 2 aromatic carbocycles. The monoisotopic (exact) mass is 392 g/mol. The Kier molecular flexibility index (Phi) is 4.62. The fourth-order valence-corrected chi connectivity index (χ4v) is 6.54. The third-order valence-electron chi connectivity index (χ3n) is 8.52. The maximum absolute atomic E-state index is 11.2. The Morgan fingerprint density at radius 1 is 0.966 bits per heavy atom. The fourth-order valence-electron chi connectivity index (χ4n) is 6.54. The van der Waals surface area contributed by atoms with E-state index in [0.717, 1.165) is 17.5 Å². The van der Waals surface area contributed by atoms with E-state index in [1.807, 2.05) is 60.7 Å². The number of ether oxygens (including phenoxy) is 2. The van der Waals surface area contributed by atoms with Crippen LogP contribution in [0.3, 0.4) is 0 Å². The smallest absolute Gasteiger partial charge is 0.159 e. The zero-order valence-electron chi connectivity index (χ0n) is 17.6. The van der Waals surface area contributed by atoms with E-state index in [9.17, 15) is 5.11 Å². The van der Waals surface area contributed by atoms with Crippen molar-refractivity contribution in [2.45, 2.75) is 64.6 Å². The molecule has 2 saturated carbocycles. The molecule has 0 radical (unpaired) electrons. The predicted molar refractivity (Wildman–Crippen MR) is 113 cm³/mol. The van der Waals surface area contributed by atoms with E-state index in [2.05, 4.69) is 20.8 Å². The molecule has 3 aliphatic rings. The van der Waals surface area contributed by atoms with E-state index in [1.165, 1.54) is 12.8 Å². The number of hydrogen-bond acceptors (Lipinski definition) is 3. The summed E-state index contributed by atoms with van der Waals surface area (Å²) in [5.74, 6) is 1.28. The molecule has 1 saturated heterocycles. The summed E-state index contributed by atoms with van der Waals surface area (Å²) < 4.78 is 13.1. The Morgan fingerprint density at radius 3 is 2.21 bits per heavy atom. The summed E-state index contributed by atoms with van der Waals surface area (Å²) in [4.78, 5) is 0. The van der Waals surface area contributed by atoms with Gasteiger partial charge in [-0.25, -0.2) is 0 Å². The Hall–Kier alpha value is -1.68. The Labute approximate surface area is 174 Å². The van der Waals surface area contributed by atoms with Crippen LogP contribution in [0.5, 0.6) is 0 Å². The van der Waals surface area contributed by atoms with Crippen molar-refractivity contribution >= 4 is 0 Å². The molecular weight excluding hydrogens is 360 g/mol. The number of hydrogen-bond donors (Lipinski definition) is 1. The SMILES string of the molecule is CC1(C)[C@@H]2CC[C@@]1(C)[C@@H]1O[C@@H](O[C@H](c3ccccc3)C(O)c3ccccc3)C[C@H]21. The highest BCUT2D eigenvalue weighted by Crippen LogP contribution is 2.71. The molecule has 3 nitrogen and oxygen atoms in total. The highest BCUT2D eigenvalue weighted by molar-refractivity contribution is 5.25. The maximum Gasteiger partial charge on any atom is 0.159 e.